The molecule has 0 saturated carbocycles. The van der Waals surface area contributed by atoms with Gasteiger partial charge in [-0.25, -0.2) is 9.59 Å². The van der Waals surface area contributed by atoms with Crippen LogP contribution in [0.4, 0.5) is 18.4 Å². The van der Waals surface area contributed by atoms with Crippen LogP contribution in [0.25, 0.3) is 0 Å². The molecule has 238 valence electrons. The Kier molecular flexibility index (Phi) is 12.9. The number of primary amides is 1. The summed E-state index contributed by atoms with van der Waals surface area (Å²) < 4.78 is 41.7. The summed E-state index contributed by atoms with van der Waals surface area (Å²) in [4.78, 5) is 40.9. The predicted molar refractivity (Wildman–Crippen MR) is 163 cm³/mol. The molecule has 0 radical (unpaired) electrons. The van der Waals surface area contributed by atoms with Gasteiger partial charge in [0.05, 0.1) is 6.54 Å². The van der Waals surface area contributed by atoms with E-state index in [-0.39, 0.29) is 25.3 Å². The molecule has 0 aliphatic rings. The van der Waals surface area contributed by atoms with Crippen LogP contribution in [0.3, 0.4) is 0 Å². The molecule has 1 aromatic heterocycles. The predicted octanol–water partition coefficient (Wildman–Crippen LogP) is 6.65. The van der Waals surface area contributed by atoms with Crippen molar-refractivity contribution in [1.82, 2.24) is 10.2 Å². The number of alkyl halides is 2. The third-order valence-electron chi connectivity index (χ3n) is 6.39. The van der Waals surface area contributed by atoms with Gasteiger partial charge in [-0.2, -0.15) is 8.78 Å². The first-order valence-electron chi connectivity index (χ1n) is 14.2. The second-order valence-corrected chi connectivity index (χ2v) is 12.2. The highest BCUT2D eigenvalue weighted by molar-refractivity contribution is 7.09. The van der Waals surface area contributed by atoms with E-state index in [9.17, 15) is 23.2 Å². The molecule has 3 N–H and O–H groups in total. The molecule has 0 aliphatic heterocycles. The largest absolute Gasteiger partial charge is 0.446 e. The number of halogens is 2. The van der Waals surface area contributed by atoms with E-state index in [0.29, 0.717) is 24.8 Å². The van der Waals surface area contributed by atoms with Gasteiger partial charge in [-0.3, -0.25) is 4.79 Å². The first-order valence-corrected chi connectivity index (χ1v) is 15.1. The fourth-order valence-corrected chi connectivity index (χ4v) is 5.29. The van der Waals surface area contributed by atoms with Gasteiger partial charge < -0.3 is 30.2 Å². The molecule has 0 saturated heterocycles. The summed E-state index contributed by atoms with van der Waals surface area (Å²) in [5.41, 5.74) is 5.84. The van der Waals surface area contributed by atoms with Crippen LogP contribution in [-0.2, 0) is 33.8 Å². The molecule has 1 heterocycles. The van der Waals surface area contributed by atoms with E-state index >= 15 is 0 Å². The van der Waals surface area contributed by atoms with Crippen molar-refractivity contribution in [3.8, 4) is 5.75 Å². The molecule has 12 heteroatoms. The monoisotopic (exact) mass is 631 g/mol. The molecule has 0 aliphatic carbocycles. The number of hydrogen-bond donors (Lipinski definition) is 2. The van der Waals surface area contributed by atoms with Crippen molar-refractivity contribution in [2.75, 3.05) is 0 Å². The Morgan fingerprint density at radius 3 is 2.30 bits per heavy atom. The average Bonchev–Trinajstić information content (AvgIpc) is 3.45. The lowest BCUT2D eigenvalue weighted by molar-refractivity contribution is -0.135. The number of nitrogens with two attached hydrogens (primary N) is 1. The quantitative estimate of drug-likeness (QED) is 0.194. The molecule has 2 aromatic carbocycles. The number of hydrogen-bond acceptors (Lipinski definition) is 7. The maximum Gasteiger partial charge on any atom is 0.408 e. The minimum Gasteiger partial charge on any atom is -0.446 e. The molecule has 1 unspecified atom stereocenters. The third-order valence-corrected chi connectivity index (χ3v) is 7.25. The Morgan fingerprint density at radius 2 is 1.66 bits per heavy atom. The van der Waals surface area contributed by atoms with Crippen LogP contribution in [-0.4, -0.2) is 47.4 Å². The summed E-state index contributed by atoms with van der Waals surface area (Å²) >= 11 is 1.44. The number of nitrogens with one attached hydrogen (secondary N) is 1. The van der Waals surface area contributed by atoms with Crippen molar-refractivity contribution in [2.24, 2.45) is 5.73 Å². The van der Waals surface area contributed by atoms with Crippen LogP contribution in [0.15, 0.2) is 72.1 Å². The number of benzene rings is 2. The Balaban J connectivity index is 1.84. The molecule has 0 fully saturated rings. The number of carbonyl (C=O) groups excluding carboxylic acids is 3. The number of amides is 3. The third kappa shape index (κ3) is 12.2. The van der Waals surface area contributed by atoms with Gasteiger partial charge in [0.1, 0.15) is 23.5 Å². The zero-order chi connectivity index (χ0) is 32.1. The second kappa shape index (κ2) is 16.6. The summed E-state index contributed by atoms with van der Waals surface area (Å²) in [6.45, 7) is 2.22. The lowest BCUT2D eigenvalue weighted by Gasteiger charge is -2.29. The lowest BCUT2D eigenvalue weighted by atomic mass is 10.0. The molecule has 2 atom stereocenters. The summed E-state index contributed by atoms with van der Waals surface area (Å²) in [6.07, 6.45) is -0.871. The minimum absolute atomic E-state index is 0.0458. The van der Waals surface area contributed by atoms with Crippen LogP contribution in [0.5, 0.6) is 5.75 Å². The minimum atomic E-state index is -3.04. The standard InChI is InChI=1S/C32H39F2N3O6S/c1-32(2,3)43-31(40)36-26(16-9-14-24(41-30(35)39)19-22-11-5-4-6-12-22)28(38)37(21-25-15-10-18-44-25)20-23-13-7-8-17-27(23)42-29(33)34/h4-8,10-13,15,17-18,24,26,29H,9,14,16,19-21H2,1-3H3,(H2,35,39)(H,36,40)/t24?,26-/m0/s1. The zero-order valence-electron chi connectivity index (χ0n) is 25.0. The van der Waals surface area contributed by atoms with Gasteiger partial charge in [-0.1, -0.05) is 54.6 Å². The van der Waals surface area contributed by atoms with Crippen molar-refractivity contribution in [3.05, 3.63) is 88.1 Å². The van der Waals surface area contributed by atoms with Gasteiger partial charge in [-0.05, 0) is 63.1 Å². The van der Waals surface area contributed by atoms with Crippen molar-refractivity contribution in [2.45, 2.75) is 83.9 Å². The number of thiophene rings is 1. The van der Waals surface area contributed by atoms with Crippen LogP contribution in [0.1, 0.15) is 56.0 Å². The van der Waals surface area contributed by atoms with Crippen molar-refractivity contribution < 1.29 is 37.4 Å². The highest BCUT2D eigenvalue weighted by atomic mass is 32.1. The molecule has 44 heavy (non-hydrogen) atoms. The van der Waals surface area contributed by atoms with E-state index in [4.69, 9.17) is 19.9 Å². The van der Waals surface area contributed by atoms with E-state index in [0.717, 1.165) is 10.4 Å². The van der Waals surface area contributed by atoms with Crippen molar-refractivity contribution >= 4 is 29.4 Å². The average molecular weight is 632 g/mol. The number of carbonyl (C=O) groups is 3. The van der Waals surface area contributed by atoms with E-state index in [1.165, 1.54) is 22.3 Å². The van der Waals surface area contributed by atoms with Gasteiger partial charge >= 0.3 is 18.8 Å². The number of ether oxygens (including phenoxy) is 3. The smallest absolute Gasteiger partial charge is 0.408 e. The van der Waals surface area contributed by atoms with Crippen LogP contribution in [0, 0.1) is 0 Å². The Hall–Kier alpha value is -4.19. The van der Waals surface area contributed by atoms with Gasteiger partial charge in [-0.15, -0.1) is 11.3 Å². The maximum absolute atomic E-state index is 14.1. The highest BCUT2D eigenvalue weighted by Gasteiger charge is 2.30. The highest BCUT2D eigenvalue weighted by Crippen LogP contribution is 2.25. The topological polar surface area (TPSA) is 120 Å². The van der Waals surface area contributed by atoms with Crippen molar-refractivity contribution in [1.29, 1.82) is 0 Å². The number of para-hydroxylation sites is 1. The fraction of sp³-hybridized carbons (Fsp3) is 0.406. The molecule has 9 nitrogen and oxygen atoms in total. The Labute approximate surface area is 260 Å². The van der Waals surface area contributed by atoms with Gasteiger partial charge in [0.2, 0.25) is 5.91 Å². The number of rotatable bonds is 15. The van der Waals surface area contributed by atoms with E-state index in [1.807, 2.05) is 47.8 Å². The Bertz CT molecular complexity index is 1340. The molecular formula is C32H39F2N3O6S. The van der Waals surface area contributed by atoms with E-state index < -0.39 is 42.5 Å². The first kappa shape index (κ1) is 34.3. The summed E-state index contributed by atoms with van der Waals surface area (Å²) in [5, 5.41) is 4.57. The zero-order valence-corrected chi connectivity index (χ0v) is 25.9. The summed E-state index contributed by atoms with van der Waals surface area (Å²) in [5.74, 6) is -0.484. The molecule has 3 aromatic rings. The normalized spacial score (nSPS) is 12.7. The van der Waals surface area contributed by atoms with Gasteiger partial charge in [0.15, 0.2) is 0 Å². The van der Waals surface area contributed by atoms with Gasteiger partial charge in [0.25, 0.3) is 0 Å². The van der Waals surface area contributed by atoms with Gasteiger partial charge in [0, 0.05) is 23.4 Å². The van der Waals surface area contributed by atoms with E-state index in [2.05, 4.69) is 5.32 Å². The summed E-state index contributed by atoms with van der Waals surface area (Å²) in [7, 11) is 0. The summed E-state index contributed by atoms with van der Waals surface area (Å²) in [6, 6.07) is 18.4. The molecule has 3 amide bonds. The van der Waals surface area contributed by atoms with Crippen LogP contribution < -0.4 is 15.8 Å². The molecular weight excluding hydrogens is 592 g/mol. The molecule has 0 bridgehead atoms. The second-order valence-electron chi connectivity index (χ2n) is 11.1. The fourth-order valence-electron chi connectivity index (χ4n) is 4.57. The SMILES string of the molecule is CC(C)(C)OC(=O)N[C@@H](CCCC(Cc1ccccc1)OC(N)=O)C(=O)N(Cc1cccs1)Cc1ccccc1OC(F)F. The van der Waals surface area contributed by atoms with Crippen molar-refractivity contribution in [3.63, 3.8) is 0 Å². The van der Waals surface area contributed by atoms with Crippen LogP contribution in [0.2, 0.25) is 0 Å². The Morgan fingerprint density at radius 1 is 0.955 bits per heavy atom. The van der Waals surface area contributed by atoms with E-state index in [1.54, 1.807) is 39.0 Å². The number of alkyl carbamates (subject to hydrolysis) is 1. The first-order chi connectivity index (χ1) is 20.9. The molecule has 0 spiro atoms. The van der Waals surface area contributed by atoms with Crippen LogP contribution >= 0.6 is 11.3 Å². The maximum atomic E-state index is 14.1. The number of nitrogens with zero attached hydrogens (tertiary/aromatic N) is 1. The lowest BCUT2D eigenvalue weighted by Crippen LogP contribution is -2.49. The molecule has 3 rings (SSSR count).